The molecule has 90 valence electrons. The third kappa shape index (κ3) is 4.16. The molecule has 1 heterocycles. The predicted octanol–water partition coefficient (Wildman–Crippen LogP) is 1.14. The minimum Gasteiger partial charge on any atom is -0.396 e. The van der Waals surface area contributed by atoms with Gasteiger partial charge in [0.25, 0.3) is 0 Å². The Labute approximate surface area is 97.1 Å². The van der Waals surface area contributed by atoms with E-state index in [9.17, 15) is 0 Å². The Hall–Kier alpha value is -1.13. The molecule has 16 heavy (non-hydrogen) atoms. The summed E-state index contributed by atoms with van der Waals surface area (Å²) in [6, 6.07) is 4.00. The molecule has 0 saturated heterocycles. The Bertz CT molecular complexity index is 287. The molecule has 4 nitrogen and oxygen atoms in total. The average molecular weight is 223 g/mol. The zero-order valence-corrected chi connectivity index (χ0v) is 9.89. The number of aliphatic hydroxyl groups is 1. The highest BCUT2D eigenvalue weighted by molar-refractivity contribution is 5.43. The summed E-state index contributed by atoms with van der Waals surface area (Å²) in [5.74, 6) is 0. The van der Waals surface area contributed by atoms with E-state index in [1.165, 1.54) is 0 Å². The first-order chi connectivity index (χ1) is 7.77. The minimum absolute atomic E-state index is 0.288. The van der Waals surface area contributed by atoms with Crippen LogP contribution in [0.4, 0.5) is 5.69 Å². The summed E-state index contributed by atoms with van der Waals surface area (Å²) in [6.07, 6.45) is 4.90. The van der Waals surface area contributed by atoms with Gasteiger partial charge in [0.2, 0.25) is 0 Å². The first-order valence-corrected chi connectivity index (χ1v) is 5.75. The highest BCUT2D eigenvalue weighted by atomic mass is 16.2. The normalized spacial score (nSPS) is 10.4. The van der Waals surface area contributed by atoms with Crippen molar-refractivity contribution >= 4 is 5.69 Å². The van der Waals surface area contributed by atoms with Crippen LogP contribution in [0.1, 0.15) is 25.0 Å². The second kappa shape index (κ2) is 7.19. The van der Waals surface area contributed by atoms with E-state index in [1.54, 1.807) is 0 Å². The Morgan fingerprint density at radius 3 is 2.69 bits per heavy atom. The summed E-state index contributed by atoms with van der Waals surface area (Å²) < 4.78 is 0. The van der Waals surface area contributed by atoms with E-state index in [4.69, 9.17) is 10.8 Å². The lowest BCUT2D eigenvalue weighted by Gasteiger charge is -2.18. The van der Waals surface area contributed by atoms with E-state index in [1.807, 2.05) is 18.3 Å². The van der Waals surface area contributed by atoms with Gasteiger partial charge in [-0.1, -0.05) is 0 Å². The van der Waals surface area contributed by atoms with Gasteiger partial charge in [0, 0.05) is 26.7 Å². The summed E-state index contributed by atoms with van der Waals surface area (Å²) >= 11 is 0. The zero-order valence-electron chi connectivity index (χ0n) is 9.89. The lowest BCUT2D eigenvalue weighted by Crippen LogP contribution is -2.18. The molecular formula is C12H21N3O. The van der Waals surface area contributed by atoms with Crippen molar-refractivity contribution < 1.29 is 5.11 Å². The fourth-order valence-electron chi connectivity index (χ4n) is 1.53. The van der Waals surface area contributed by atoms with Crippen molar-refractivity contribution in [2.45, 2.75) is 25.8 Å². The van der Waals surface area contributed by atoms with Gasteiger partial charge >= 0.3 is 0 Å². The Morgan fingerprint density at radius 1 is 1.31 bits per heavy atom. The van der Waals surface area contributed by atoms with Crippen LogP contribution in [0.25, 0.3) is 0 Å². The van der Waals surface area contributed by atoms with Crippen LogP contribution in [0.2, 0.25) is 0 Å². The van der Waals surface area contributed by atoms with Crippen molar-refractivity contribution in [3.8, 4) is 0 Å². The number of rotatable bonds is 7. The first-order valence-electron chi connectivity index (χ1n) is 5.75. The Morgan fingerprint density at radius 2 is 2.12 bits per heavy atom. The summed E-state index contributed by atoms with van der Waals surface area (Å²) in [4.78, 5) is 6.43. The maximum Gasteiger partial charge on any atom is 0.0550 e. The molecule has 0 amide bonds. The van der Waals surface area contributed by atoms with Crippen LogP contribution in [0, 0.1) is 0 Å². The number of nitrogens with two attached hydrogens (primary N) is 1. The van der Waals surface area contributed by atoms with E-state index in [0.29, 0.717) is 6.54 Å². The minimum atomic E-state index is 0.288. The second-order valence-corrected chi connectivity index (χ2v) is 3.92. The number of unbranched alkanes of at least 4 members (excludes halogenated alkanes) is 2. The van der Waals surface area contributed by atoms with Crippen LogP contribution >= 0.6 is 0 Å². The molecule has 0 radical (unpaired) electrons. The molecule has 0 aliphatic heterocycles. The van der Waals surface area contributed by atoms with Crippen molar-refractivity contribution in [3.63, 3.8) is 0 Å². The molecule has 3 N–H and O–H groups in total. The summed E-state index contributed by atoms with van der Waals surface area (Å²) in [6.45, 7) is 1.76. The number of aliphatic hydroxyl groups excluding tert-OH is 1. The molecule has 0 atom stereocenters. The maximum absolute atomic E-state index is 8.67. The van der Waals surface area contributed by atoms with E-state index >= 15 is 0 Å². The molecular weight excluding hydrogens is 202 g/mol. The van der Waals surface area contributed by atoms with Crippen LogP contribution in [0.5, 0.6) is 0 Å². The van der Waals surface area contributed by atoms with Crippen LogP contribution in [-0.2, 0) is 6.54 Å². The molecule has 0 aromatic carbocycles. The topological polar surface area (TPSA) is 62.4 Å². The van der Waals surface area contributed by atoms with Gasteiger partial charge in [0.15, 0.2) is 0 Å². The number of nitrogens with zero attached hydrogens (tertiary/aromatic N) is 2. The van der Waals surface area contributed by atoms with Crippen molar-refractivity contribution in [2.24, 2.45) is 5.73 Å². The number of anilines is 1. The average Bonchev–Trinajstić information content (AvgIpc) is 2.34. The van der Waals surface area contributed by atoms with Gasteiger partial charge in [-0.15, -0.1) is 0 Å². The smallest absolute Gasteiger partial charge is 0.0550 e. The highest BCUT2D eigenvalue weighted by Crippen LogP contribution is 2.12. The second-order valence-electron chi connectivity index (χ2n) is 3.92. The van der Waals surface area contributed by atoms with Gasteiger partial charge in [-0.3, -0.25) is 4.98 Å². The summed E-state index contributed by atoms with van der Waals surface area (Å²) in [7, 11) is 2.05. The molecule has 0 unspecified atom stereocenters. The zero-order chi connectivity index (χ0) is 11.8. The highest BCUT2D eigenvalue weighted by Gasteiger charge is 2.00. The number of hydrogen-bond acceptors (Lipinski definition) is 4. The van der Waals surface area contributed by atoms with Gasteiger partial charge in [-0.05, 0) is 31.4 Å². The number of aromatic nitrogens is 1. The van der Waals surface area contributed by atoms with Crippen LogP contribution in [0.15, 0.2) is 18.3 Å². The standard InChI is InChI=1S/C12H21N3O/c1-15(7-3-2-4-8-16)12-6-5-11(9-13)14-10-12/h5-6,10,16H,2-4,7-9,13H2,1H3. The fourth-order valence-corrected chi connectivity index (χ4v) is 1.53. The van der Waals surface area contributed by atoms with E-state index in [-0.39, 0.29) is 6.61 Å². The molecule has 0 saturated carbocycles. The van der Waals surface area contributed by atoms with Crippen molar-refractivity contribution in [2.75, 3.05) is 25.1 Å². The molecule has 0 aliphatic carbocycles. The largest absolute Gasteiger partial charge is 0.396 e. The molecule has 4 heteroatoms. The molecule has 0 fully saturated rings. The lowest BCUT2D eigenvalue weighted by atomic mass is 10.2. The molecule has 1 aromatic rings. The predicted molar refractivity (Wildman–Crippen MR) is 66.3 cm³/mol. The summed E-state index contributed by atoms with van der Waals surface area (Å²) in [5.41, 5.74) is 7.52. The number of hydrogen-bond donors (Lipinski definition) is 2. The SMILES string of the molecule is CN(CCCCCO)c1ccc(CN)nc1. The van der Waals surface area contributed by atoms with E-state index in [0.717, 1.165) is 37.2 Å². The third-order valence-electron chi connectivity index (χ3n) is 2.61. The molecule has 0 bridgehead atoms. The lowest BCUT2D eigenvalue weighted by molar-refractivity contribution is 0.283. The van der Waals surface area contributed by atoms with E-state index in [2.05, 4.69) is 16.9 Å². The summed E-state index contributed by atoms with van der Waals surface area (Å²) in [5, 5.41) is 8.67. The fraction of sp³-hybridized carbons (Fsp3) is 0.583. The van der Waals surface area contributed by atoms with E-state index < -0.39 is 0 Å². The maximum atomic E-state index is 8.67. The first kappa shape index (κ1) is 12.9. The quantitative estimate of drug-likeness (QED) is 0.680. The molecule has 1 aromatic heterocycles. The van der Waals surface area contributed by atoms with Gasteiger partial charge in [-0.2, -0.15) is 0 Å². The van der Waals surface area contributed by atoms with Crippen molar-refractivity contribution in [1.82, 2.24) is 4.98 Å². The van der Waals surface area contributed by atoms with Crippen LogP contribution in [-0.4, -0.2) is 30.3 Å². The van der Waals surface area contributed by atoms with Gasteiger partial charge in [0.1, 0.15) is 0 Å². The monoisotopic (exact) mass is 223 g/mol. The van der Waals surface area contributed by atoms with Gasteiger partial charge in [-0.25, -0.2) is 0 Å². The molecule has 0 spiro atoms. The molecule has 1 rings (SSSR count). The van der Waals surface area contributed by atoms with Gasteiger partial charge < -0.3 is 15.7 Å². The van der Waals surface area contributed by atoms with Crippen LogP contribution < -0.4 is 10.6 Å². The van der Waals surface area contributed by atoms with Crippen LogP contribution in [0.3, 0.4) is 0 Å². The Kier molecular flexibility index (Phi) is 5.82. The number of pyridine rings is 1. The van der Waals surface area contributed by atoms with Gasteiger partial charge in [0.05, 0.1) is 17.6 Å². The molecule has 0 aliphatic rings. The van der Waals surface area contributed by atoms with Crippen molar-refractivity contribution in [3.05, 3.63) is 24.0 Å². The van der Waals surface area contributed by atoms with Crippen molar-refractivity contribution in [1.29, 1.82) is 0 Å². The Balaban J connectivity index is 2.37. The third-order valence-corrected chi connectivity index (χ3v) is 2.61.